The molecule has 0 amide bonds. The second kappa shape index (κ2) is 9.35. The molecule has 0 radical (unpaired) electrons. The molecule has 0 aromatic rings. The fourth-order valence-electron chi connectivity index (χ4n) is 0. The van der Waals surface area contributed by atoms with Crippen LogP contribution in [0.1, 0.15) is 6.92 Å². The molecular weight excluding hydrogens is 230 g/mol. The van der Waals surface area contributed by atoms with Crippen molar-refractivity contribution in [3.8, 4) is 0 Å². The van der Waals surface area contributed by atoms with Gasteiger partial charge in [0.1, 0.15) is 0 Å². The molecule has 0 atom stereocenters. The predicted octanol–water partition coefficient (Wildman–Crippen LogP) is 0.780. The third kappa shape index (κ3) is 85.0. The molecule has 0 saturated carbocycles. The van der Waals surface area contributed by atoms with Gasteiger partial charge in [-0.05, 0) is 0 Å². The monoisotopic (exact) mass is 234 g/mol. The SMILES string of the molecule is CC(=O)O.[Cl][La]. The normalized spacial score (nSPS) is 4.83. The van der Waals surface area contributed by atoms with E-state index in [1.54, 1.807) is 0 Å². The number of hydrogen-bond donors (Lipinski definition) is 1. The zero-order valence-corrected chi connectivity index (χ0v) is 7.69. The van der Waals surface area contributed by atoms with E-state index < -0.39 is 5.97 Å². The van der Waals surface area contributed by atoms with Crippen molar-refractivity contribution in [2.45, 2.75) is 6.92 Å². The molecule has 0 aromatic heterocycles. The number of rotatable bonds is 0. The zero-order chi connectivity index (χ0) is 5.58. The molecule has 0 saturated heterocycles. The molecule has 2 nitrogen and oxygen atoms in total. The molecule has 0 aromatic carbocycles. The number of carbonyl (C=O) groups is 1. The Hall–Kier alpha value is 0.955. The third-order valence-electron chi connectivity index (χ3n) is 0. The van der Waals surface area contributed by atoms with E-state index in [1.807, 2.05) is 0 Å². The number of aliphatic carboxylic acids is 1. The minimum absolute atomic E-state index is 0.639. The first-order valence-corrected chi connectivity index (χ1v) is 5.69. The van der Waals surface area contributed by atoms with E-state index >= 15 is 0 Å². The van der Waals surface area contributed by atoms with Crippen LogP contribution < -0.4 is 0 Å². The summed E-state index contributed by atoms with van der Waals surface area (Å²) in [4.78, 5) is 9.00. The molecule has 0 rings (SSSR count). The van der Waals surface area contributed by atoms with Crippen molar-refractivity contribution in [3.63, 3.8) is 0 Å². The molecule has 6 heavy (non-hydrogen) atoms. The first-order valence-electron chi connectivity index (χ1n) is 1.15. The maximum absolute atomic E-state index is 9.00. The second-order valence-corrected chi connectivity index (χ2v) is 0.519. The van der Waals surface area contributed by atoms with Crippen LogP contribution in [0.15, 0.2) is 0 Å². The van der Waals surface area contributed by atoms with Crippen molar-refractivity contribution in [2.24, 2.45) is 0 Å². The average Bonchev–Trinajstić information content (AvgIpc) is 1.41. The molecule has 0 heterocycles. The van der Waals surface area contributed by atoms with Gasteiger partial charge in [-0.15, -0.1) is 0 Å². The van der Waals surface area contributed by atoms with E-state index in [2.05, 4.69) is 0 Å². The Morgan fingerprint density at radius 3 is 1.83 bits per heavy atom. The van der Waals surface area contributed by atoms with Gasteiger partial charge in [0.05, 0.1) is 0 Å². The first kappa shape index (κ1) is 10.0. The van der Waals surface area contributed by atoms with E-state index in [4.69, 9.17) is 16.7 Å². The van der Waals surface area contributed by atoms with Gasteiger partial charge in [-0.25, -0.2) is 0 Å². The Morgan fingerprint density at radius 2 is 1.83 bits per heavy atom. The summed E-state index contributed by atoms with van der Waals surface area (Å²) in [6, 6.07) is 0. The van der Waals surface area contributed by atoms with E-state index in [0.29, 0.717) is 32.3 Å². The quantitative estimate of drug-likeness (QED) is 0.672. The summed E-state index contributed by atoms with van der Waals surface area (Å²) < 4.78 is 0. The summed E-state index contributed by atoms with van der Waals surface area (Å²) in [6.45, 7) is 5.89. The van der Waals surface area contributed by atoms with Crippen LogP contribution in [-0.4, -0.2) is 11.1 Å². The van der Waals surface area contributed by atoms with E-state index in [-0.39, 0.29) is 0 Å². The number of halogens is 1. The molecule has 34 valence electrons. The molecular formula is C2H4ClLaO2. The van der Waals surface area contributed by atoms with Crippen molar-refractivity contribution >= 4 is 12.8 Å². The summed E-state index contributed by atoms with van der Waals surface area (Å²) in [5.74, 6) is -0.833. The van der Waals surface area contributed by atoms with Gasteiger partial charge in [0.15, 0.2) is 0 Å². The van der Waals surface area contributed by atoms with Crippen molar-refractivity contribution in [3.05, 3.63) is 0 Å². The van der Waals surface area contributed by atoms with Crippen LogP contribution >= 0.6 is 6.79 Å². The summed E-state index contributed by atoms with van der Waals surface area (Å²) in [5.41, 5.74) is 0. The van der Waals surface area contributed by atoms with Crippen molar-refractivity contribution < 1.29 is 42.2 Å². The first-order chi connectivity index (χ1) is 2.73. The Balaban J connectivity index is 0. The zero-order valence-electron chi connectivity index (χ0n) is 3.31. The summed E-state index contributed by atoms with van der Waals surface area (Å²) in [5, 5.41) is 7.42. The van der Waals surface area contributed by atoms with Gasteiger partial charge in [0.2, 0.25) is 0 Å². The van der Waals surface area contributed by atoms with Gasteiger partial charge in [-0.1, -0.05) is 0 Å². The standard InChI is InChI=1S/C2H4O2.ClH.La/c1-2(3)4;;/h1H3,(H,3,4);1H;/q;;+1/p-1. The topological polar surface area (TPSA) is 37.3 Å². The van der Waals surface area contributed by atoms with Gasteiger partial charge in [-0.3, -0.25) is 4.79 Å². The van der Waals surface area contributed by atoms with Gasteiger partial charge >= 0.3 is 39.1 Å². The Morgan fingerprint density at radius 1 is 1.83 bits per heavy atom. The van der Waals surface area contributed by atoms with Crippen molar-refractivity contribution in [2.75, 3.05) is 0 Å². The molecule has 0 unspecified atom stereocenters. The van der Waals surface area contributed by atoms with Crippen LogP contribution in [0, 0.1) is 32.3 Å². The van der Waals surface area contributed by atoms with Crippen molar-refractivity contribution in [1.29, 1.82) is 0 Å². The number of hydrogen-bond acceptors (Lipinski definition) is 1. The van der Waals surface area contributed by atoms with E-state index in [9.17, 15) is 0 Å². The molecule has 0 aliphatic heterocycles. The Bertz CT molecular complexity index is 34.5. The fraction of sp³-hybridized carbons (Fsp3) is 0.500. The molecule has 0 bridgehead atoms. The van der Waals surface area contributed by atoms with Crippen LogP contribution in [0.4, 0.5) is 0 Å². The molecule has 0 fully saturated rings. The molecule has 1 N–H and O–H groups in total. The minimum atomic E-state index is -0.833. The van der Waals surface area contributed by atoms with Crippen molar-refractivity contribution in [1.82, 2.24) is 0 Å². The molecule has 0 aliphatic rings. The average molecular weight is 234 g/mol. The summed E-state index contributed by atoms with van der Waals surface area (Å²) in [7, 11) is 0. The van der Waals surface area contributed by atoms with Crippen LogP contribution in [-0.2, 0) is 4.79 Å². The summed E-state index contributed by atoms with van der Waals surface area (Å²) >= 11 is 0.639. The van der Waals surface area contributed by atoms with Crippen LogP contribution in [0.5, 0.6) is 0 Å². The molecule has 0 spiro atoms. The van der Waals surface area contributed by atoms with Crippen LogP contribution in [0.2, 0.25) is 0 Å². The van der Waals surface area contributed by atoms with Gasteiger partial charge in [0, 0.05) is 6.92 Å². The van der Waals surface area contributed by atoms with Crippen LogP contribution in [0.3, 0.4) is 0 Å². The van der Waals surface area contributed by atoms with Gasteiger partial charge < -0.3 is 5.11 Å². The van der Waals surface area contributed by atoms with Gasteiger partial charge in [-0.2, -0.15) is 0 Å². The second-order valence-electron chi connectivity index (χ2n) is 0.519. The third-order valence-corrected chi connectivity index (χ3v) is 0. The predicted molar refractivity (Wildman–Crippen MR) is 19.2 cm³/mol. The molecule has 0 aliphatic carbocycles. The molecule has 4 heteroatoms. The van der Waals surface area contributed by atoms with Gasteiger partial charge in [0.25, 0.3) is 5.97 Å². The Labute approximate surface area is 61.4 Å². The number of carboxylic acids is 1. The number of carboxylic acid groups (broad SMARTS) is 1. The Kier molecular flexibility index (Phi) is 15.6. The van der Waals surface area contributed by atoms with E-state index in [1.165, 1.54) is 0 Å². The summed E-state index contributed by atoms with van der Waals surface area (Å²) in [6.07, 6.45) is 0. The van der Waals surface area contributed by atoms with Crippen LogP contribution in [0.25, 0.3) is 0 Å². The van der Waals surface area contributed by atoms with E-state index in [0.717, 1.165) is 6.92 Å². The fourth-order valence-corrected chi connectivity index (χ4v) is 0. The maximum atomic E-state index is 9.00.